The number of benzene rings is 1. The summed E-state index contributed by atoms with van der Waals surface area (Å²) in [5.41, 5.74) is 0. The van der Waals surface area contributed by atoms with Crippen LogP contribution in [0.2, 0.25) is 4.34 Å². The van der Waals surface area contributed by atoms with Gasteiger partial charge in [0.25, 0.3) is 0 Å². The van der Waals surface area contributed by atoms with Gasteiger partial charge in [-0.05, 0) is 48.3 Å². The third kappa shape index (κ3) is 2.74. The van der Waals surface area contributed by atoms with Crippen LogP contribution in [0, 0.1) is 5.82 Å². The zero-order valence-electron chi connectivity index (χ0n) is 10.8. The maximum Gasteiger partial charge on any atom is 0.123 e. The first-order chi connectivity index (χ1) is 9.67. The summed E-state index contributed by atoms with van der Waals surface area (Å²) in [5.74, 6) is -0.194. The minimum Gasteiger partial charge on any atom is -0.305 e. The van der Waals surface area contributed by atoms with E-state index in [4.69, 9.17) is 11.6 Å². The molecule has 0 saturated carbocycles. The normalized spacial score (nSPS) is 12.9. The summed E-state index contributed by atoms with van der Waals surface area (Å²) < 4.78 is 15.2. The van der Waals surface area contributed by atoms with Gasteiger partial charge >= 0.3 is 0 Å². The van der Waals surface area contributed by atoms with Crippen LogP contribution in [-0.4, -0.2) is 6.54 Å². The van der Waals surface area contributed by atoms with E-state index in [0.717, 1.165) is 21.0 Å². The molecule has 104 valence electrons. The van der Waals surface area contributed by atoms with Crippen LogP contribution >= 0.6 is 34.3 Å². The summed E-state index contributed by atoms with van der Waals surface area (Å²) in [7, 11) is 0. The molecule has 3 rings (SSSR count). The van der Waals surface area contributed by atoms with Crippen LogP contribution in [0.5, 0.6) is 0 Å². The number of rotatable bonds is 4. The summed E-state index contributed by atoms with van der Waals surface area (Å²) in [6, 6.07) is 11.1. The number of hydrogen-bond acceptors (Lipinski definition) is 3. The van der Waals surface area contributed by atoms with Crippen molar-refractivity contribution >= 4 is 44.4 Å². The van der Waals surface area contributed by atoms with Crippen LogP contribution in [0.3, 0.4) is 0 Å². The number of nitrogens with one attached hydrogen (secondary N) is 1. The van der Waals surface area contributed by atoms with Gasteiger partial charge in [-0.1, -0.05) is 18.5 Å². The molecule has 0 aliphatic carbocycles. The van der Waals surface area contributed by atoms with Gasteiger partial charge in [-0.25, -0.2) is 4.39 Å². The van der Waals surface area contributed by atoms with E-state index in [2.05, 4.69) is 18.3 Å². The lowest BCUT2D eigenvalue weighted by atomic mass is 10.1. The number of hydrogen-bond donors (Lipinski definition) is 1. The van der Waals surface area contributed by atoms with Crippen LogP contribution in [-0.2, 0) is 0 Å². The molecule has 0 spiro atoms. The van der Waals surface area contributed by atoms with Crippen molar-refractivity contribution in [2.75, 3.05) is 6.54 Å². The van der Waals surface area contributed by atoms with Crippen molar-refractivity contribution in [2.24, 2.45) is 0 Å². The molecule has 1 N–H and O–H groups in total. The van der Waals surface area contributed by atoms with Gasteiger partial charge in [-0.15, -0.1) is 22.7 Å². The molecule has 20 heavy (non-hydrogen) atoms. The molecule has 0 bridgehead atoms. The molecular weight excluding hydrogens is 313 g/mol. The molecule has 1 aromatic carbocycles. The molecule has 0 fully saturated rings. The smallest absolute Gasteiger partial charge is 0.123 e. The lowest BCUT2D eigenvalue weighted by molar-refractivity contribution is 0.629. The highest BCUT2D eigenvalue weighted by atomic mass is 35.5. The van der Waals surface area contributed by atoms with E-state index in [1.807, 2.05) is 18.2 Å². The average molecular weight is 326 g/mol. The van der Waals surface area contributed by atoms with Gasteiger partial charge in [0.05, 0.1) is 10.4 Å². The molecule has 0 saturated heterocycles. The zero-order chi connectivity index (χ0) is 14.1. The Balaban J connectivity index is 2.04. The first-order valence-corrected chi connectivity index (χ1v) is 8.36. The Morgan fingerprint density at radius 1 is 1.15 bits per heavy atom. The molecule has 0 amide bonds. The van der Waals surface area contributed by atoms with Gasteiger partial charge < -0.3 is 5.32 Å². The third-order valence-corrected chi connectivity index (χ3v) is 5.55. The summed E-state index contributed by atoms with van der Waals surface area (Å²) >= 11 is 9.31. The van der Waals surface area contributed by atoms with Crippen molar-refractivity contribution in [2.45, 2.75) is 13.0 Å². The topological polar surface area (TPSA) is 12.0 Å². The van der Waals surface area contributed by atoms with Gasteiger partial charge in [0, 0.05) is 14.5 Å². The average Bonchev–Trinajstić information content (AvgIpc) is 3.01. The van der Waals surface area contributed by atoms with Crippen LogP contribution in [0.1, 0.15) is 22.7 Å². The van der Waals surface area contributed by atoms with Crippen LogP contribution in [0.4, 0.5) is 4.39 Å². The van der Waals surface area contributed by atoms with E-state index in [9.17, 15) is 4.39 Å². The Morgan fingerprint density at radius 3 is 2.70 bits per heavy atom. The van der Waals surface area contributed by atoms with Crippen LogP contribution in [0.25, 0.3) is 10.1 Å². The first-order valence-electron chi connectivity index (χ1n) is 6.35. The highest BCUT2D eigenvalue weighted by Gasteiger charge is 2.18. The summed E-state index contributed by atoms with van der Waals surface area (Å²) in [6.07, 6.45) is 0. The van der Waals surface area contributed by atoms with Crippen LogP contribution < -0.4 is 5.32 Å². The second-order valence-corrected chi connectivity index (χ2v) is 7.33. The second kappa shape index (κ2) is 5.82. The summed E-state index contributed by atoms with van der Waals surface area (Å²) in [6.45, 7) is 2.94. The molecular formula is C15H13ClFNS2. The van der Waals surface area contributed by atoms with E-state index in [0.29, 0.717) is 0 Å². The van der Waals surface area contributed by atoms with Gasteiger partial charge in [-0.3, -0.25) is 0 Å². The highest BCUT2D eigenvalue weighted by molar-refractivity contribution is 7.19. The minimum atomic E-state index is -0.194. The summed E-state index contributed by atoms with van der Waals surface area (Å²) in [5, 5.41) is 4.43. The van der Waals surface area contributed by atoms with Crippen LogP contribution in [0.15, 0.2) is 36.4 Å². The zero-order valence-corrected chi connectivity index (χ0v) is 13.2. The van der Waals surface area contributed by atoms with Crippen molar-refractivity contribution in [1.82, 2.24) is 5.32 Å². The Bertz CT molecular complexity index is 734. The molecule has 3 aromatic rings. The lowest BCUT2D eigenvalue weighted by Gasteiger charge is -2.14. The second-order valence-electron chi connectivity index (χ2n) is 4.46. The van der Waals surface area contributed by atoms with E-state index in [-0.39, 0.29) is 11.9 Å². The van der Waals surface area contributed by atoms with E-state index in [1.54, 1.807) is 28.7 Å². The quantitative estimate of drug-likeness (QED) is 0.672. The molecule has 2 heterocycles. The number of thiophene rings is 2. The third-order valence-electron chi connectivity index (χ3n) is 3.07. The van der Waals surface area contributed by atoms with Crippen molar-refractivity contribution < 1.29 is 4.39 Å². The minimum absolute atomic E-state index is 0.123. The van der Waals surface area contributed by atoms with E-state index in [1.165, 1.54) is 15.8 Å². The van der Waals surface area contributed by atoms with Crippen molar-refractivity contribution in [3.8, 4) is 0 Å². The molecule has 1 unspecified atom stereocenters. The molecule has 0 aliphatic heterocycles. The highest BCUT2D eigenvalue weighted by Crippen LogP contribution is 2.37. The van der Waals surface area contributed by atoms with Gasteiger partial charge in [0.1, 0.15) is 5.82 Å². The number of halogens is 2. The molecule has 1 nitrogen and oxygen atoms in total. The molecule has 1 atom stereocenters. The summed E-state index contributed by atoms with van der Waals surface area (Å²) in [4.78, 5) is 2.37. The molecule has 5 heteroatoms. The van der Waals surface area contributed by atoms with E-state index >= 15 is 0 Å². The van der Waals surface area contributed by atoms with Crippen molar-refractivity contribution in [3.63, 3.8) is 0 Å². The molecule has 2 aromatic heterocycles. The van der Waals surface area contributed by atoms with Crippen molar-refractivity contribution in [1.29, 1.82) is 0 Å². The fourth-order valence-corrected chi connectivity index (χ4v) is 4.58. The predicted octanol–water partition coefficient (Wildman–Crippen LogP) is 5.45. The van der Waals surface area contributed by atoms with E-state index < -0.39 is 0 Å². The standard InChI is InChI=1S/C15H13ClFNS2/c1-2-18-15(12-5-6-14(16)20-12)13-8-9-7-10(17)3-4-11(9)19-13/h3-8,15,18H,2H2,1H3. The monoisotopic (exact) mass is 325 g/mol. The maximum atomic E-state index is 13.3. The van der Waals surface area contributed by atoms with Gasteiger partial charge in [0.15, 0.2) is 0 Å². The predicted molar refractivity (Wildman–Crippen MR) is 86.6 cm³/mol. The fourth-order valence-electron chi connectivity index (χ4n) is 2.21. The fraction of sp³-hybridized carbons (Fsp3) is 0.200. The SMILES string of the molecule is CCNC(c1ccc(Cl)s1)c1cc2cc(F)ccc2s1. The Labute approximate surface area is 130 Å². The Morgan fingerprint density at radius 2 is 2.00 bits per heavy atom. The first kappa shape index (κ1) is 14.0. The van der Waals surface area contributed by atoms with Gasteiger partial charge in [-0.2, -0.15) is 0 Å². The maximum absolute atomic E-state index is 13.3. The molecule has 0 radical (unpaired) electrons. The molecule has 0 aliphatic rings. The lowest BCUT2D eigenvalue weighted by Crippen LogP contribution is -2.19. The largest absolute Gasteiger partial charge is 0.305 e. The van der Waals surface area contributed by atoms with Crippen molar-refractivity contribution in [3.05, 3.63) is 56.3 Å². The Hall–Kier alpha value is -0.940. The Kier molecular flexibility index (Phi) is 4.08. The van der Waals surface area contributed by atoms with Gasteiger partial charge in [0.2, 0.25) is 0 Å². The number of fused-ring (bicyclic) bond motifs is 1.